The molecule has 13 nitrogen and oxygen atoms in total. The van der Waals surface area contributed by atoms with Crippen molar-refractivity contribution in [1.29, 1.82) is 0 Å². The third kappa shape index (κ3) is 5.58. The van der Waals surface area contributed by atoms with E-state index < -0.39 is 55.1 Å². The Hall–Kier alpha value is -3.04. The van der Waals surface area contributed by atoms with Crippen molar-refractivity contribution in [3.63, 3.8) is 0 Å². The summed E-state index contributed by atoms with van der Waals surface area (Å²) in [4.78, 5) is 0. The van der Waals surface area contributed by atoms with Crippen LogP contribution in [0.25, 0.3) is 0 Å². The zero-order chi connectivity index (χ0) is 30.0. The number of ether oxygens (including phenoxy) is 6. The van der Waals surface area contributed by atoms with Crippen LogP contribution in [0.3, 0.4) is 0 Å². The van der Waals surface area contributed by atoms with E-state index >= 15 is 0 Å². The molecular weight excluding hydrogens is 544 g/mol. The average Bonchev–Trinajstić information content (AvgIpc) is 2.98. The van der Waals surface area contributed by atoms with Gasteiger partial charge in [-0.25, -0.2) is 0 Å². The fourth-order valence-electron chi connectivity index (χ4n) is 5.83. The molecule has 8 atom stereocenters. The summed E-state index contributed by atoms with van der Waals surface area (Å²) in [6.45, 7) is -1.05. The molecule has 0 saturated carbocycles. The maximum Gasteiger partial charge on any atom is 0.203 e. The van der Waals surface area contributed by atoms with Gasteiger partial charge in [-0.15, -0.1) is 0 Å². The summed E-state index contributed by atoms with van der Waals surface area (Å²) in [5.74, 6) is -1.51. The molecule has 0 unspecified atom stereocenters. The molecule has 2 aliphatic rings. The lowest BCUT2D eigenvalue weighted by atomic mass is 9.66. The molecule has 1 aliphatic heterocycles. The van der Waals surface area contributed by atoms with Crippen LogP contribution in [0.1, 0.15) is 22.6 Å². The van der Waals surface area contributed by atoms with Gasteiger partial charge in [-0.05, 0) is 47.6 Å². The van der Waals surface area contributed by atoms with Crippen molar-refractivity contribution in [2.24, 2.45) is 11.8 Å². The number of aliphatic hydroxyl groups excluding tert-OH is 5. The highest BCUT2D eigenvalue weighted by Crippen LogP contribution is 2.54. The van der Waals surface area contributed by atoms with Gasteiger partial charge in [0, 0.05) is 18.1 Å². The van der Waals surface area contributed by atoms with Gasteiger partial charge in [-0.3, -0.25) is 0 Å². The summed E-state index contributed by atoms with van der Waals surface area (Å²) in [5.41, 5.74) is 1.68. The van der Waals surface area contributed by atoms with Gasteiger partial charge in [-0.1, -0.05) is 0 Å². The molecule has 0 spiro atoms. The molecule has 2 aromatic rings. The summed E-state index contributed by atoms with van der Waals surface area (Å²) in [6, 6.07) is 4.90. The first kappa shape index (κ1) is 30.9. The number of phenols is 2. The Morgan fingerprint density at radius 3 is 1.95 bits per heavy atom. The van der Waals surface area contributed by atoms with Gasteiger partial charge in [0.15, 0.2) is 29.3 Å². The van der Waals surface area contributed by atoms with E-state index in [1.54, 1.807) is 18.2 Å². The number of hydrogen-bond donors (Lipinski definition) is 7. The van der Waals surface area contributed by atoms with Crippen LogP contribution in [0, 0.1) is 11.8 Å². The van der Waals surface area contributed by atoms with Crippen molar-refractivity contribution in [3.05, 3.63) is 34.9 Å². The lowest BCUT2D eigenvalue weighted by molar-refractivity contribution is -0.304. The first-order chi connectivity index (χ1) is 19.6. The SMILES string of the molecule is COc1cc([C@H]2c3c(cc(OC)c(OC)c3O)C[C@@H](CO)[C@@H]2CO[C@@H]2O[C@H](CO)[C@@H](O)[C@H](O)[C@H]2O)cc(OC)c1O. The van der Waals surface area contributed by atoms with E-state index in [9.17, 15) is 35.7 Å². The number of methoxy groups -OCH3 is 4. The molecule has 1 saturated heterocycles. The minimum Gasteiger partial charge on any atom is -0.504 e. The van der Waals surface area contributed by atoms with Gasteiger partial charge in [0.2, 0.25) is 11.5 Å². The second kappa shape index (κ2) is 12.9. The Balaban J connectivity index is 1.84. The number of aliphatic hydroxyl groups is 5. The molecule has 1 heterocycles. The summed E-state index contributed by atoms with van der Waals surface area (Å²) in [7, 11) is 5.61. The molecular formula is C28H38O13. The van der Waals surface area contributed by atoms with Crippen LogP contribution < -0.4 is 18.9 Å². The minimum atomic E-state index is -1.63. The Labute approximate surface area is 237 Å². The van der Waals surface area contributed by atoms with E-state index in [-0.39, 0.29) is 42.0 Å². The van der Waals surface area contributed by atoms with Crippen molar-refractivity contribution < 1.29 is 64.2 Å². The van der Waals surface area contributed by atoms with Crippen LogP contribution in [-0.4, -0.2) is 115 Å². The fraction of sp³-hybridized carbons (Fsp3) is 0.571. The van der Waals surface area contributed by atoms with Crippen LogP contribution in [0.4, 0.5) is 0 Å². The van der Waals surface area contributed by atoms with Crippen molar-refractivity contribution in [2.75, 3.05) is 48.3 Å². The second-order valence-corrected chi connectivity index (χ2v) is 10.1. The molecule has 2 aromatic carbocycles. The predicted molar refractivity (Wildman–Crippen MR) is 142 cm³/mol. The molecule has 41 heavy (non-hydrogen) atoms. The zero-order valence-electron chi connectivity index (χ0n) is 23.3. The Morgan fingerprint density at radius 2 is 1.41 bits per heavy atom. The third-order valence-corrected chi connectivity index (χ3v) is 7.99. The predicted octanol–water partition coefficient (Wildman–Crippen LogP) is -0.139. The summed E-state index contributed by atoms with van der Waals surface area (Å²) >= 11 is 0. The van der Waals surface area contributed by atoms with Gasteiger partial charge >= 0.3 is 0 Å². The van der Waals surface area contributed by atoms with E-state index in [0.29, 0.717) is 28.9 Å². The smallest absolute Gasteiger partial charge is 0.203 e. The number of phenolic OH excluding ortho intramolecular Hbond substituents is 2. The monoisotopic (exact) mass is 582 g/mol. The van der Waals surface area contributed by atoms with E-state index in [1.807, 2.05) is 0 Å². The zero-order valence-corrected chi connectivity index (χ0v) is 23.3. The lowest BCUT2D eigenvalue weighted by Gasteiger charge is -2.43. The van der Waals surface area contributed by atoms with E-state index in [4.69, 9.17) is 28.4 Å². The van der Waals surface area contributed by atoms with Crippen LogP contribution >= 0.6 is 0 Å². The molecule has 0 radical (unpaired) electrons. The summed E-state index contributed by atoms with van der Waals surface area (Å²) in [6.07, 6.45) is -7.07. The van der Waals surface area contributed by atoms with Crippen molar-refractivity contribution in [3.8, 4) is 34.5 Å². The summed E-state index contributed by atoms with van der Waals surface area (Å²) in [5, 5.41) is 73.0. The van der Waals surface area contributed by atoms with Gasteiger partial charge in [0.1, 0.15) is 24.4 Å². The number of fused-ring (bicyclic) bond motifs is 1. The normalized spacial score (nSPS) is 29.5. The molecule has 1 aliphatic carbocycles. The molecule has 4 rings (SSSR count). The molecule has 0 bridgehead atoms. The number of benzene rings is 2. The van der Waals surface area contributed by atoms with Crippen LogP contribution in [0.2, 0.25) is 0 Å². The number of hydrogen-bond acceptors (Lipinski definition) is 13. The standard InChI is InChI=1S/C28H38O13/c1-36-16-6-13(7-17(37-2)22(16)31)20-15(11-40-28-26(35)25(34)23(32)19(10-30)41-28)14(9-29)5-12-8-18(38-3)27(39-4)24(33)21(12)20/h6-8,14-15,19-20,23,25-26,28-35H,5,9-11H2,1-4H3/t14-,15-,19+,20+,23+,25-,26+,28+/m0/s1. The largest absolute Gasteiger partial charge is 0.504 e. The van der Waals surface area contributed by atoms with E-state index in [0.717, 1.165) is 0 Å². The highest BCUT2D eigenvalue weighted by atomic mass is 16.7. The Morgan fingerprint density at radius 1 is 0.780 bits per heavy atom. The van der Waals surface area contributed by atoms with Crippen LogP contribution in [0.5, 0.6) is 34.5 Å². The first-order valence-corrected chi connectivity index (χ1v) is 13.1. The Bertz CT molecular complexity index is 1180. The highest BCUT2D eigenvalue weighted by Gasteiger charge is 2.46. The molecule has 0 aromatic heterocycles. The van der Waals surface area contributed by atoms with Gasteiger partial charge in [-0.2, -0.15) is 0 Å². The number of rotatable bonds is 10. The topological polar surface area (TPSA) is 197 Å². The first-order valence-electron chi connectivity index (χ1n) is 13.1. The maximum atomic E-state index is 11.5. The fourth-order valence-corrected chi connectivity index (χ4v) is 5.83. The number of aromatic hydroxyl groups is 2. The minimum absolute atomic E-state index is 0.102. The molecule has 0 amide bonds. The van der Waals surface area contributed by atoms with E-state index in [2.05, 4.69) is 0 Å². The average molecular weight is 583 g/mol. The van der Waals surface area contributed by atoms with Gasteiger partial charge < -0.3 is 64.2 Å². The van der Waals surface area contributed by atoms with Crippen molar-refractivity contribution >= 4 is 0 Å². The maximum absolute atomic E-state index is 11.5. The van der Waals surface area contributed by atoms with E-state index in [1.165, 1.54) is 28.4 Å². The van der Waals surface area contributed by atoms with Crippen molar-refractivity contribution in [1.82, 2.24) is 0 Å². The molecule has 1 fully saturated rings. The molecule has 13 heteroatoms. The van der Waals surface area contributed by atoms with Gasteiger partial charge in [0.25, 0.3) is 0 Å². The molecule has 228 valence electrons. The van der Waals surface area contributed by atoms with Crippen molar-refractivity contribution in [2.45, 2.75) is 43.0 Å². The van der Waals surface area contributed by atoms with Crippen LogP contribution in [-0.2, 0) is 15.9 Å². The quantitative estimate of drug-likeness (QED) is 0.196. The second-order valence-electron chi connectivity index (χ2n) is 10.1. The van der Waals surface area contributed by atoms with Gasteiger partial charge in [0.05, 0.1) is 41.7 Å². The lowest BCUT2D eigenvalue weighted by Crippen LogP contribution is -2.59. The highest BCUT2D eigenvalue weighted by molar-refractivity contribution is 5.64. The summed E-state index contributed by atoms with van der Waals surface area (Å²) < 4.78 is 33.1. The Kier molecular flexibility index (Phi) is 9.70. The molecule has 7 N–H and O–H groups in total. The third-order valence-electron chi connectivity index (χ3n) is 7.99. The van der Waals surface area contributed by atoms with Crippen LogP contribution in [0.15, 0.2) is 18.2 Å².